The topological polar surface area (TPSA) is 40.5 Å². The molecule has 0 radical (unpaired) electrons. The third-order valence-electron chi connectivity index (χ3n) is 3.01. The molecule has 1 fully saturated rings. The number of amides is 1. The summed E-state index contributed by atoms with van der Waals surface area (Å²) in [4.78, 5) is 13.5. The molecule has 0 spiro atoms. The van der Waals surface area contributed by atoms with Crippen molar-refractivity contribution in [3.05, 3.63) is 29.8 Å². The normalized spacial score (nSPS) is 19.4. The van der Waals surface area contributed by atoms with Crippen LogP contribution in [0.25, 0.3) is 0 Å². The van der Waals surface area contributed by atoms with Crippen molar-refractivity contribution in [3.63, 3.8) is 0 Å². The molecule has 1 aliphatic rings. The molecule has 1 aromatic carbocycles. The number of rotatable bonds is 3. The summed E-state index contributed by atoms with van der Waals surface area (Å²) < 4.78 is 0. The lowest BCUT2D eigenvalue weighted by Gasteiger charge is -2.16. The number of carbonyl (C=O) groups excluding carboxylic acids is 1. The lowest BCUT2D eigenvalue weighted by Crippen LogP contribution is -2.24. The van der Waals surface area contributed by atoms with Gasteiger partial charge in [0, 0.05) is 31.2 Å². The maximum atomic E-state index is 11.7. The van der Waals surface area contributed by atoms with Crippen molar-refractivity contribution in [3.8, 4) is 12.3 Å². The Labute approximate surface area is 101 Å². The zero-order valence-electron chi connectivity index (χ0n) is 9.60. The van der Waals surface area contributed by atoms with E-state index in [4.69, 9.17) is 11.5 Å². The van der Waals surface area contributed by atoms with E-state index in [-0.39, 0.29) is 18.4 Å². The number of benzene rings is 1. The molecule has 1 aliphatic heterocycles. The van der Waals surface area contributed by atoms with Crippen LogP contribution in [0.2, 0.25) is 0 Å². The maximum absolute atomic E-state index is 11.7. The number of aliphatic hydroxyl groups is 1. The van der Waals surface area contributed by atoms with Gasteiger partial charge >= 0.3 is 0 Å². The van der Waals surface area contributed by atoms with E-state index in [1.54, 1.807) is 4.90 Å². The molecule has 0 saturated carbocycles. The number of hydrogen-bond acceptors (Lipinski definition) is 2. The largest absolute Gasteiger partial charge is 0.396 e. The first kappa shape index (κ1) is 11.7. The predicted molar refractivity (Wildman–Crippen MR) is 66.5 cm³/mol. The average Bonchev–Trinajstić information content (AvgIpc) is 2.72. The van der Waals surface area contributed by atoms with Crippen LogP contribution in [0.4, 0.5) is 5.69 Å². The number of aliphatic hydroxyl groups excluding tert-OH is 1. The van der Waals surface area contributed by atoms with Gasteiger partial charge in [0.05, 0.1) is 0 Å². The van der Waals surface area contributed by atoms with Crippen molar-refractivity contribution < 1.29 is 9.90 Å². The van der Waals surface area contributed by atoms with Gasteiger partial charge in [0.25, 0.3) is 0 Å². The summed E-state index contributed by atoms with van der Waals surface area (Å²) in [6, 6.07) is 7.67. The van der Waals surface area contributed by atoms with Gasteiger partial charge in [-0.15, -0.1) is 12.3 Å². The van der Waals surface area contributed by atoms with Crippen molar-refractivity contribution in [2.45, 2.75) is 12.8 Å². The SMILES string of the molecule is C#CC1CC(=O)N(c2ccc(CCO)cc2)C1. The number of hydrogen-bond donors (Lipinski definition) is 1. The van der Waals surface area contributed by atoms with E-state index in [1.807, 2.05) is 24.3 Å². The molecule has 17 heavy (non-hydrogen) atoms. The molecule has 88 valence electrons. The summed E-state index contributed by atoms with van der Waals surface area (Å²) in [5.74, 6) is 2.74. The molecule has 3 nitrogen and oxygen atoms in total. The van der Waals surface area contributed by atoms with Crippen molar-refractivity contribution >= 4 is 11.6 Å². The molecular weight excluding hydrogens is 214 g/mol. The van der Waals surface area contributed by atoms with Crippen molar-refractivity contribution in [2.75, 3.05) is 18.1 Å². The van der Waals surface area contributed by atoms with E-state index in [2.05, 4.69) is 5.92 Å². The van der Waals surface area contributed by atoms with E-state index in [1.165, 1.54) is 0 Å². The summed E-state index contributed by atoms with van der Waals surface area (Å²) in [5.41, 5.74) is 1.95. The quantitative estimate of drug-likeness (QED) is 0.791. The third-order valence-corrected chi connectivity index (χ3v) is 3.01. The van der Waals surface area contributed by atoms with E-state index < -0.39 is 0 Å². The molecule has 1 unspecified atom stereocenters. The van der Waals surface area contributed by atoms with Gasteiger partial charge in [-0.05, 0) is 24.1 Å². The van der Waals surface area contributed by atoms with Crippen LogP contribution >= 0.6 is 0 Å². The second-order valence-corrected chi connectivity index (χ2v) is 4.21. The van der Waals surface area contributed by atoms with E-state index in [0.29, 0.717) is 19.4 Å². The lowest BCUT2D eigenvalue weighted by atomic mass is 10.1. The zero-order valence-corrected chi connectivity index (χ0v) is 9.60. The lowest BCUT2D eigenvalue weighted by molar-refractivity contribution is -0.117. The minimum atomic E-state index is 0.0274. The smallest absolute Gasteiger partial charge is 0.228 e. The fraction of sp³-hybridized carbons (Fsp3) is 0.357. The fourth-order valence-electron chi connectivity index (χ4n) is 2.04. The first-order chi connectivity index (χ1) is 8.24. The fourth-order valence-corrected chi connectivity index (χ4v) is 2.04. The molecule has 1 amide bonds. The number of carbonyl (C=O) groups is 1. The molecule has 0 bridgehead atoms. The van der Waals surface area contributed by atoms with Gasteiger partial charge in [0.15, 0.2) is 0 Å². The molecule has 2 rings (SSSR count). The Hall–Kier alpha value is -1.79. The summed E-state index contributed by atoms with van der Waals surface area (Å²) in [7, 11) is 0. The number of anilines is 1. The van der Waals surface area contributed by atoms with Crippen LogP contribution < -0.4 is 4.90 Å². The standard InChI is InChI=1S/C14H15NO2/c1-2-11-9-14(17)15(10-11)13-5-3-12(4-6-13)7-8-16/h1,3-6,11,16H,7-10H2. The molecule has 1 atom stereocenters. The van der Waals surface area contributed by atoms with Crippen LogP contribution in [-0.2, 0) is 11.2 Å². The minimum Gasteiger partial charge on any atom is -0.396 e. The van der Waals surface area contributed by atoms with Crippen LogP contribution in [0.15, 0.2) is 24.3 Å². The van der Waals surface area contributed by atoms with Gasteiger partial charge in [0.2, 0.25) is 5.91 Å². The molecule has 3 heteroatoms. The molecule has 1 aromatic rings. The van der Waals surface area contributed by atoms with Crippen LogP contribution in [0.5, 0.6) is 0 Å². The molecule has 1 saturated heterocycles. The Kier molecular flexibility index (Phi) is 3.46. The number of terminal acetylenes is 1. The third kappa shape index (κ3) is 2.48. The monoisotopic (exact) mass is 229 g/mol. The first-order valence-electron chi connectivity index (χ1n) is 5.71. The van der Waals surface area contributed by atoms with Gasteiger partial charge < -0.3 is 10.0 Å². The summed E-state index contributed by atoms with van der Waals surface area (Å²) >= 11 is 0. The van der Waals surface area contributed by atoms with Gasteiger partial charge in [-0.25, -0.2) is 0 Å². The van der Waals surface area contributed by atoms with E-state index in [0.717, 1.165) is 11.3 Å². The van der Waals surface area contributed by atoms with Crippen LogP contribution in [0.1, 0.15) is 12.0 Å². The van der Waals surface area contributed by atoms with E-state index in [9.17, 15) is 4.79 Å². The number of nitrogens with zero attached hydrogens (tertiary/aromatic N) is 1. The highest BCUT2D eigenvalue weighted by Gasteiger charge is 2.29. The highest BCUT2D eigenvalue weighted by Crippen LogP contribution is 2.24. The Morgan fingerprint density at radius 1 is 1.41 bits per heavy atom. The predicted octanol–water partition coefficient (Wildman–Crippen LogP) is 1.21. The molecular formula is C14H15NO2. The highest BCUT2D eigenvalue weighted by atomic mass is 16.2. The molecule has 0 aromatic heterocycles. The Morgan fingerprint density at radius 2 is 2.12 bits per heavy atom. The Morgan fingerprint density at radius 3 is 2.65 bits per heavy atom. The van der Waals surface area contributed by atoms with Crippen molar-refractivity contribution in [1.82, 2.24) is 0 Å². The van der Waals surface area contributed by atoms with Crippen LogP contribution in [-0.4, -0.2) is 24.2 Å². The second kappa shape index (κ2) is 5.03. The summed E-state index contributed by atoms with van der Waals surface area (Å²) in [6.07, 6.45) is 6.42. The minimum absolute atomic E-state index is 0.0274. The second-order valence-electron chi connectivity index (χ2n) is 4.21. The van der Waals surface area contributed by atoms with Gasteiger partial charge in [-0.3, -0.25) is 4.79 Å². The van der Waals surface area contributed by atoms with Gasteiger partial charge in [0.1, 0.15) is 0 Å². The van der Waals surface area contributed by atoms with Crippen LogP contribution in [0.3, 0.4) is 0 Å². The van der Waals surface area contributed by atoms with E-state index >= 15 is 0 Å². The Bertz CT molecular complexity index is 444. The summed E-state index contributed by atoms with van der Waals surface area (Å²) in [5, 5.41) is 8.82. The Balaban J connectivity index is 2.13. The zero-order chi connectivity index (χ0) is 12.3. The van der Waals surface area contributed by atoms with Crippen LogP contribution in [0, 0.1) is 18.3 Å². The molecule has 1 N–H and O–H groups in total. The average molecular weight is 229 g/mol. The first-order valence-corrected chi connectivity index (χ1v) is 5.71. The van der Waals surface area contributed by atoms with Crippen molar-refractivity contribution in [1.29, 1.82) is 0 Å². The summed E-state index contributed by atoms with van der Waals surface area (Å²) in [6.45, 7) is 0.746. The maximum Gasteiger partial charge on any atom is 0.228 e. The molecule has 0 aliphatic carbocycles. The molecule has 1 heterocycles. The van der Waals surface area contributed by atoms with Gasteiger partial charge in [-0.1, -0.05) is 12.1 Å². The van der Waals surface area contributed by atoms with Gasteiger partial charge in [-0.2, -0.15) is 0 Å². The highest BCUT2D eigenvalue weighted by molar-refractivity contribution is 5.96. The van der Waals surface area contributed by atoms with Crippen molar-refractivity contribution in [2.24, 2.45) is 5.92 Å².